The first-order valence-corrected chi connectivity index (χ1v) is 9.54. The molecule has 1 aliphatic rings. The van der Waals surface area contributed by atoms with Crippen molar-refractivity contribution in [2.75, 3.05) is 6.61 Å². The van der Waals surface area contributed by atoms with Crippen molar-refractivity contribution in [1.82, 2.24) is 5.32 Å². The molecule has 1 amide bonds. The third-order valence-corrected chi connectivity index (χ3v) is 5.01. The minimum Gasteiger partial charge on any atom is -0.494 e. The van der Waals surface area contributed by atoms with Crippen LogP contribution in [0.2, 0.25) is 0 Å². The molecule has 0 atom stereocenters. The lowest BCUT2D eigenvalue weighted by atomic mass is 10.1. The number of ether oxygens (including phenoxy) is 1. The molecule has 0 aliphatic carbocycles. The number of nitrogens with zero attached hydrogens (tertiary/aromatic N) is 1. The van der Waals surface area contributed by atoms with E-state index in [1.54, 1.807) is 0 Å². The second-order valence-corrected chi connectivity index (χ2v) is 7.05. The summed E-state index contributed by atoms with van der Waals surface area (Å²) in [5.41, 5.74) is 1.77. The summed E-state index contributed by atoms with van der Waals surface area (Å²) in [5.74, 6) is 0.690. The molecular weight excluding hydrogens is 356 g/mol. The Morgan fingerprint density at radius 3 is 2.59 bits per heavy atom. The van der Waals surface area contributed by atoms with Crippen LogP contribution in [-0.4, -0.2) is 17.7 Å². The van der Waals surface area contributed by atoms with E-state index in [1.165, 1.54) is 17.1 Å². The number of carbonyl (C=O) groups excluding carboxylic acids is 1. The number of hydrogen-bond donors (Lipinski definition) is 1. The van der Waals surface area contributed by atoms with Gasteiger partial charge in [0.25, 0.3) is 5.91 Å². The van der Waals surface area contributed by atoms with Crippen molar-refractivity contribution in [2.45, 2.75) is 6.92 Å². The van der Waals surface area contributed by atoms with E-state index >= 15 is 0 Å². The van der Waals surface area contributed by atoms with E-state index in [1.807, 2.05) is 67.6 Å². The van der Waals surface area contributed by atoms with Gasteiger partial charge in [0.15, 0.2) is 5.17 Å². The van der Waals surface area contributed by atoms with E-state index in [2.05, 4.69) is 22.4 Å². The fraction of sp³-hybridized carbons (Fsp3) is 0.0909. The van der Waals surface area contributed by atoms with Gasteiger partial charge in [-0.3, -0.25) is 4.79 Å². The summed E-state index contributed by atoms with van der Waals surface area (Å²) in [6, 6.07) is 21.8. The molecule has 1 aliphatic heterocycles. The van der Waals surface area contributed by atoms with Crippen LogP contribution in [0.1, 0.15) is 12.5 Å². The van der Waals surface area contributed by atoms with E-state index in [4.69, 9.17) is 4.74 Å². The molecule has 0 unspecified atom stereocenters. The van der Waals surface area contributed by atoms with Gasteiger partial charge in [-0.05, 0) is 65.4 Å². The molecule has 0 saturated carbocycles. The number of nitrogens with one attached hydrogen (secondary N) is 1. The summed E-state index contributed by atoms with van der Waals surface area (Å²) in [6.07, 6.45) is 1.86. The molecule has 4 nitrogen and oxygen atoms in total. The topological polar surface area (TPSA) is 50.7 Å². The van der Waals surface area contributed by atoms with E-state index in [0.29, 0.717) is 16.7 Å². The molecule has 27 heavy (non-hydrogen) atoms. The molecule has 0 bridgehead atoms. The van der Waals surface area contributed by atoms with Gasteiger partial charge >= 0.3 is 0 Å². The first kappa shape index (κ1) is 17.4. The Kier molecular flexibility index (Phi) is 4.94. The number of aliphatic imine (C=N–C) groups is 1. The SMILES string of the molecule is CCOc1ccc(C=C2SC(=Nc3ccc4ccccc4c3)NC2=O)cc1. The first-order chi connectivity index (χ1) is 13.2. The summed E-state index contributed by atoms with van der Waals surface area (Å²) >= 11 is 1.35. The van der Waals surface area contributed by atoms with Gasteiger partial charge in [0.05, 0.1) is 17.2 Å². The highest BCUT2D eigenvalue weighted by atomic mass is 32.2. The maximum Gasteiger partial charge on any atom is 0.264 e. The van der Waals surface area contributed by atoms with Crippen LogP contribution >= 0.6 is 11.8 Å². The average Bonchev–Trinajstić information content (AvgIpc) is 3.02. The summed E-state index contributed by atoms with van der Waals surface area (Å²) in [6.45, 7) is 2.58. The molecule has 5 heteroatoms. The quantitative estimate of drug-likeness (QED) is 0.644. The number of fused-ring (bicyclic) bond motifs is 1. The van der Waals surface area contributed by atoms with E-state index < -0.39 is 0 Å². The van der Waals surface area contributed by atoms with Crippen LogP contribution in [0.5, 0.6) is 5.75 Å². The third-order valence-electron chi connectivity index (χ3n) is 4.10. The minimum absolute atomic E-state index is 0.131. The lowest BCUT2D eigenvalue weighted by Gasteiger charge is -2.02. The number of amides is 1. The van der Waals surface area contributed by atoms with Crippen LogP contribution < -0.4 is 10.1 Å². The molecule has 0 aromatic heterocycles. The predicted molar refractivity (Wildman–Crippen MR) is 112 cm³/mol. The molecule has 3 aromatic rings. The number of thioether (sulfide) groups is 1. The summed E-state index contributed by atoms with van der Waals surface area (Å²) in [5, 5.41) is 5.71. The zero-order chi connectivity index (χ0) is 18.6. The van der Waals surface area contributed by atoms with Crippen molar-refractivity contribution in [1.29, 1.82) is 0 Å². The van der Waals surface area contributed by atoms with Gasteiger partial charge in [-0.1, -0.05) is 42.5 Å². The highest BCUT2D eigenvalue weighted by Crippen LogP contribution is 2.29. The van der Waals surface area contributed by atoms with Gasteiger partial charge in [0, 0.05) is 0 Å². The van der Waals surface area contributed by atoms with Gasteiger partial charge in [0.2, 0.25) is 0 Å². The number of carbonyl (C=O) groups is 1. The molecule has 0 spiro atoms. The van der Waals surface area contributed by atoms with Crippen LogP contribution in [0, 0.1) is 0 Å². The third kappa shape index (κ3) is 4.04. The number of benzene rings is 3. The average molecular weight is 374 g/mol. The highest BCUT2D eigenvalue weighted by molar-refractivity contribution is 8.18. The number of amidine groups is 1. The molecule has 1 heterocycles. The molecular formula is C22H18N2O2S. The standard InChI is InChI=1S/C22H18N2O2S/c1-2-26-19-11-7-15(8-12-19)13-20-21(25)24-22(27-20)23-18-10-9-16-5-3-4-6-17(16)14-18/h3-14H,2H2,1H3,(H,23,24,25). The molecule has 1 fully saturated rings. The molecule has 4 rings (SSSR count). The Hall–Kier alpha value is -3.05. The molecule has 0 radical (unpaired) electrons. The maximum atomic E-state index is 12.3. The Morgan fingerprint density at radius 2 is 1.81 bits per heavy atom. The zero-order valence-corrected chi connectivity index (χ0v) is 15.6. The van der Waals surface area contributed by atoms with Crippen LogP contribution in [0.3, 0.4) is 0 Å². The summed E-state index contributed by atoms with van der Waals surface area (Å²) < 4.78 is 5.44. The first-order valence-electron chi connectivity index (χ1n) is 8.72. The number of rotatable bonds is 4. The largest absolute Gasteiger partial charge is 0.494 e. The van der Waals surface area contributed by atoms with E-state index in [-0.39, 0.29) is 5.91 Å². The molecule has 1 saturated heterocycles. The fourth-order valence-corrected chi connectivity index (χ4v) is 3.66. The van der Waals surface area contributed by atoms with E-state index in [0.717, 1.165) is 22.4 Å². The van der Waals surface area contributed by atoms with Gasteiger partial charge in [-0.2, -0.15) is 0 Å². The van der Waals surface area contributed by atoms with E-state index in [9.17, 15) is 4.79 Å². The Bertz CT molecular complexity index is 1060. The Balaban J connectivity index is 1.54. The Labute approximate surface area is 162 Å². The lowest BCUT2D eigenvalue weighted by molar-refractivity contribution is -0.115. The van der Waals surface area contributed by atoms with Crippen molar-refractivity contribution in [2.24, 2.45) is 4.99 Å². The summed E-state index contributed by atoms with van der Waals surface area (Å²) in [7, 11) is 0. The van der Waals surface area contributed by atoms with Gasteiger partial charge in [-0.15, -0.1) is 0 Å². The monoisotopic (exact) mass is 374 g/mol. The highest BCUT2D eigenvalue weighted by Gasteiger charge is 2.23. The van der Waals surface area contributed by atoms with Crippen molar-refractivity contribution < 1.29 is 9.53 Å². The minimum atomic E-state index is -0.131. The lowest BCUT2D eigenvalue weighted by Crippen LogP contribution is -2.19. The Morgan fingerprint density at radius 1 is 1.04 bits per heavy atom. The zero-order valence-electron chi connectivity index (χ0n) is 14.8. The van der Waals surface area contributed by atoms with Crippen molar-refractivity contribution >= 4 is 45.4 Å². The van der Waals surface area contributed by atoms with Crippen molar-refractivity contribution in [3.05, 3.63) is 77.2 Å². The molecule has 3 aromatic carbocycles. The van der Waals surface area contributed by atoms with Gasteiger partial charge in [-0.25, -0.2) is 4.99 Å². The smallest absolute Gasteiger partial charge is 0.264 e. The van der Waals surface area contributed by atoms with Crippen molar-refractivity contribution in [3.63, 3.8) is 0 Å². The molecule has 134 valence electrons. The number of hydrogen-bond acceptors (Lipinski definition) is 4. The van der Waals surface area contributed by atoms with Gasteiger partial charge < -0.3 is 10.1 Å². The fourth-order valence-electron chi connectivity index (χ4n) is 2.82. The van der Waals surface area contributed by atoms with Crippen molar-refractivity contribution in [3.8, 4) is 5.75 Å². The normalized spacial score (nSPS) is 16.9. The van der Waals surface area contributed by atoms with Gasteiger partial charge in [0.1, 0.15) is 5.75 Å². The molecule has 1 N–H and O–H groups in total. The summed E-state index contributed by atoms with van der Waals surface area (Å²) in [4.78, 5) is 17.5. The predicted octanol–water partition coefficient (Wildman–Crippen LogP) is 5.13. The second kappa shape index (κ2) is 7.68. The van der Waals surface area contributed by atoms with Crippen LogP contribution in [0.15, 0.2) is 76.6 Å². The van der Waals surface area contributed by atoms with Crippen LogP contribution in [0.25, 0.3) is 16.8 Å². The second-order valence-electron chi connectivity index (χ2n) is 6.02. The van der Waals surface area contributed by atoms with Crippen LogP contribution in [0.4, 0.5) is 5.69 Å². The van der Waals surface area contributed by atoms with Crippen LogP contribution in [-0.2, 0) is 4.79 Å². The maximum absolute atomic E-state index is 12.3.